The number of nitrogens with zero attached hydrogens (tertiary/aromatic N) is 8. The summed E-state index contributed by atoms with van der Waals surface area (Å²) in [5.74, 6) is 2.85. The van der Waals surface area contributed by atoms with Crippen molar-refractivity contribution in [1.82, 2.24) is 28.1 Å². The Morgan fingerprint density at radius 2 is 0.957 bits per heavy atom. The first-order chi connectivity index (χ1) is 34.2. The van der Waals surface area contributed by atoms with Crippen molar-refractivity contribution in [2.45, 2.75) is 26.7 Å². The van der Waals surface area contributed by atoms with Crippen LogP contribution in [-0.4, -0.2) is 42.6 Å². The zero-order chi connectivity index (χ0) is 47.5. The van der Waals surface area contributed by atoms with Crippen LogP contribution >= 0.6 is 0 Å². The molecule has 11 aromatic rings. The Bertz CT molecular complexity index is 4090. The highest BCUT2D eigenvalue weighted by molar-refractivity contribution is 6.49. The van der Waals surface area contributed by atoms with Crippen LogP contribution in [0, 0.1) is 29.6 Å². The number of benzene rings is 7. The summed E-state index contributed by atoms with van der Waals surface area (Å²) in [6.45, 7) is 6.26. The minimum Gasteiger partial charge on any atom is -0.503 e. The molecule has 2 aliphatic heterocycles. The molecule has 70 heavy (non-hydrogen) atoms. The first-order valence-electron chi connectivity index (χ1n) is 23.2. The van der Waals surface area contributed by atoms with Gasteiger partial charge in [-0.1, -0.05) is 123 Å². The third kappa shape index (κ3) is 5.83. The fourth-order valence-electron chi connectivity index (χ4n) is 10.7. The number of imidazole rings is 2. The van der Waals surface area contributed by atoms with Crippen molar-refractivity contribution in [2.24, 2.45) is 14.1 Å². The zero-order valence-electron chi connectivity index (χ0n) is 38.8. The Balaban J connectivity index is 1.29. The summed E-state index contributed by atoms with van der Waals surface area (Å²) in [5, 5.41) is 30.2. The van der Waals surface area contributed by atoms with Gasteiger partial charge in [-0.3, -0.25) is 0 Å². The van der Waals surface area contributed by atoms with Gasteiger partial charge in [0.15, 0.2) is 11.6 Å². The highest BCUT2D eigenvalue weighted by atomic mass is 16.6. The smallest absolute Gasteiger partial charge is 0.503 e. The maximum Gasteiger partial charge on any atom is 0.743 e. The van der Waals surface area contributed by atoms with Crippen LogP contribution in [0.5, 0.6) is 23.0 Å². The molecule has 0 saturated carbocycles. The Morgan fingerprint density at radius 1 is 0.529 bits per heavy atom. The summed E-state index contributed by atoms with van der Waals surface area (Å²) in [6, 6.07) is 53.1. The van der Waals surface area contributed by atoms with Gasteiger partial charge in [0.1, 0.15) is 46.3 Å². The molecule has 13 rings (SSSR count). The largest absolute Gasteiger partial charge is 0.743 e. The number of aryl methyl sites for hydroxylation is 3. The normalized spacial score (nSPS) is 13.9. The van der Waals surface area contributed by atoms with E-state index in [1.54, 1.807) is 0 Å². The highest BCUT2D eigenvalue weighted by Gasteiger charge is 2.45. The first-order valence-corrected chi connectivity index (χ1v) is 23.2. The standard InChI is InChI=1S/C56H40B2N8O4/c1-32(2)51-47-48(54(65(51)57-67-43-22-12-13-23-44(43)68-57)40(31-60)56-62-50-38-21-11-8-18-35(38)27-29-42(50)64(56)5)52(36-19-9-6-16-33(36)3)66(58-69-45-24-14-15-25-46(45)70-58)53(47)39(30-59)55-61-49-37-20-10-7-17-34(37)26-28-41(49)63(55)4/h6-29,32H,1-5H3/b53-39-,54-40-. The van der Waals surface area contributed by atoms with E-state index in [1.165, 1.54) is 0 Å². The molecule has 7 aromatic carbocycles. The number of fused-ring (bicyclic) bond motifs is 9. The summed E-state index contributed by atoms with van der Waals surface area (Å²) in [5.41, 5.74) is 6.95. The Hall–Kier alpha value is -9.13. The molecule has 0 aliphatic carbocycles. The zero-order valence-corrected chi connectivity index (χ0v) is 38.8. The number of aromatic nitrogens is 6. The van der Waals surface area contributed by atoms with Gasteiger partial charge < -0.3 is 36.7 Å². The van der Waals surface area contributed by atoms with Crippen LogP contribution < -0.4 is 29.3 Å². The second kappa shape index (κ2) is 15.5. The van der Waals surface area contributed by atoms with Crippen LogP contribution in [0.2, 0.25) is 0 Å². The van der Waals surface area contributed by atoms with Crippen LogP contribution in [0.25, 0.3) is 76.8 Å². The van der Waals surface area contributed by atoms with Gasteiger partial charge in [0.25, 0.3) is 0 Å². The molecule has 0 unspecified atom stereocenters. The molecule has 334 valence electrons. The van der Waals surface area contributed by atoms with Gasteiger partial charge in [-0.25, -0.2) is 9.97 Å². The van der Waals surface area contributed by atoms with E-state index in [-0.39, 0.29) is 17.1 Å². The van der Waals surface area contributed by atoms with E-state index >= 15 is 0 Å². The average Bonchev–Trinajstić information content (AvgIpc) is 4.24. The molecule has 0 amide bonds. The van der Waals surface area contributed by atoms with Gasteiger partial charge in [0.2, 0.25) is 0 Å². The third-order valence-electron chi connectivity index (χ3n) is 13.9. The van der Waals surface area contributed by atoms with Crippen LogP contribution in [0.1, 0.15) is 42.7 Å². The van der Waals surface area contributed by atoms with Crippen molar-refractivity contribution < 1.29 is 18.6 Å². The third-order valence-corrected chi connectivity index (χ3v) is 13.9. The molecule has 14 heteroatoms. The molecular weight excluding hydrogens is 870 g/mol. The minimum absolute atomic E-state index is 0.261. The highest BCUT2D eigenvalue weighted by Crippen LogP contribution is 2.41. The number of para-hydroxylation sites is 4. The Labute approximate surface area is 402 Å². The van der Waals surface area contributed by atoms with Crippen molar-refractivity contribution >= 4 is 80.0 Å². The lowest BCUT2D eigenvalue weighted by molar-refractivity contribution is 0.473. The van der Waals surface area contributed by atoms with Gasteiger partial charge in [-0.15, -0.1) is 0 Å². The number of hydrogen-bond donors (Lipinski definition) is 0. The van der Waals surface area contributed by atoms with Crippen LogP contribution in [0.15, 0.2) is 146 Å². The van der Waals surface area contributed by atoms with Crippen LogP contribution in [-0.2, 0) is 14.1 Å². The predicted molar refractivity (Wildman–Crippen MR) is 274 cm³/mol. The van der Waals surface area contributed by atoms with Crippen LogP contribution in [0.4, 0.5) is 0 Å². The van der Waals surface area contributed by atoms with E-state index in [9.17, 15) is 10.5 Å². The van der Waals surface area contributed by atoms with Gasteiger partial charge in [0, 0.05) is 46.9 Å². The minimum atomic E-state index is -1.11. The molecule has 0 N–H and O–H groups in total. The van der Waals surface area contributed by atoms with Crippen molar-refractivity contribution in [3.63, 3.8) is 0 Å². The van der Waals surface area contributed by atoms with E-state index < -0.39 is 14.5 Å². The lowest BCUT2D eigenvalue weighted by Crippen LogP contribution is -2.45. The summed E-state index contributed by atoms with van der Waals surface area (Å²) in [6.07, 6.45) is 0. The van der Waals surface area contributed by atoms with E-state index in [0.717, 1.165) is 60.4 Å². The molecule has 0 fully saturated rings. The molecule has 0 atom stereocenters. The number of rotatable bonds is 6. The lowest BCUT2D eigenvalue weighted by atomic mass is 9.99. The topological polar surface area (TPSA) is 130 Å². The second-order valence-electron chi connectivity index (χ2n) is 18.1. The summed E-state index contributed by atoms with van der Waals surface area (Å²) in [4.78, 5) is 10.7. The van der Waals surface area contributed by atoms with Gasteiger partial charge in [-0.05, 0) is 65.6 Å². The van der Waals surface area contributed by atoms with Gasteiger partial charge in [0.05, 0.1) is 38.5 Å². The molecule has 12 nitrogen and oxygen atoms in total. The predicted octanol–water partition coefficient (Wildman–Crippen LogP) is 9.68. The van der Waals surface area contributed by atoms with E-state index in [1.807, 2.05) is 129 Å². The lowest BCUT2D eigenvalue weighted by Gasteiger charge is -2.18. The fraction of sp³-hybridized carbons (Fsp3) is 0.107. The number of nitriles is 2. The molecule has 0 radical (unpaired) electrons. The summed E-state index contributed by atoms with van der Waals surface area (Å²) < 4.78 is 35.2. The van der Waals surface area contributed by atoms with Gasteiger partial charge >= 0.3 is 14.5 Å². The molecule has 4 aromatic heterocycles. The van der Waals surface area contributed by atoms with Crippen LogP contribution in [0.3, 0.4) is 0 Å². The fourth-order valence-corrected chi connectivity index (χ4v) is 10.7. The van der Waals surface area contributed by atoms with Gasteiger partial charge in [-0.2, -0.15) is 10.5 Å². The maximum atomic E-state index is 11.9. The maximum absolute atomic E-state index is 11.9. The number of hydrogen-bond acceptors (Lipinski definition) is 8. The van der Waals surface area contributed by atoms with Crippen molar-refractivity contribution in [2.75, 3.05) is 0 Å². The van der Waals surface area contributed by atoms with E-state index in [0.29, 0.717) is 61.8 Å². The Kier molecular flexibility index (Phi) is 9.07. The SMILES string of the molecule is Cc1ccccc1-c1c2/c(=C(\C#N)c3nc4c5ccccc5ccc4n3C)n(B3Oc4ccccc4O3)c(C(C)C)c2/c(=C(\C#N)c2nc3c4ccccc4ccc3n2C)n1B1Oc2ccccc2O1. The molecular formula is C56H40B2N8O4. The summed E-state index contributed by atoms with van der Waals surface area (Å²) in [7, 11) is 1.70. The van der Waals surface area contributed by atoms with E-state index in [4.69, 9.17) is 28.6 Å². The second-order valence-corrected chi connectivity index (χ2v) is 18.1. The molecule has 0 spiro atoms. The van der Waals surface area contributed by atoms with E-state index in [2.05, 4.69) is 81.4 Å². The molecule has 0 bridgehead atoms. The monoisotopic (exact) mass is 910 g/mol. The quantitative estimate of drug-likeness (QED) is 0.151. The molecule has 0 saturated heterocycles. The Morgan fingerprint density at radius 3 is 1.43 bits per heavy atom. The molecule has 6 heterocycles. The van der Waals surface area contributed by atoms with Crippen molar-refractivity contribution in [3.05, 3.63) is 179 Å². The van der Waals surface area contributed by atoms with Crippen molar-refractivity contribution in [1.29, 1.82) is 10.5 Å². The average molecular weight is 911 g/mol. The van der Waals surface area contributed by atoms with Crippen molar-refractivity contribution in [3.8, 4) is 46.4 Å². The summed E-state index contributed by atoms with van der Waals surface area (Å²) >= 11 is 0. The first kappa shape index (κ1) is 41.1. The molecule has 2 aliphatic rings.